The molecule has 198 valence electrons. The third-order valence-electron chi connectivity index (χ3n) is 7.12. The van der Waals surface area contributed by atoms with Crippen LogP contribution in [0.25, 0.3) is 10.2 Å². The van der Waals surface area contributed by atoms with Gasteiger partial charge in [-0.15, -0.1) is 11.3 Å². The second-order valence-corrected chi connectivity index (χ2v) is 13.3. The summed E-state index contributed by atoms with van der Waals surface area (Å²) in [6.45, 7) is 2.41. The van der Waals surface area contributed by atoms with Crippen molar-refractivity contribution in [3.05, 3.63) is 79.8 Å². The zero-order valence-electron chi connectivity index (χ0n) is 21.1. The van der Waals surface area contributed by atoms with Crippen LogP contribution < -0.4 is 16.0 Å². The summed E-state index contributed by atoms with van der Waals surface area (Å²) < 4.78 is 33.1. The second-order valence-electron chi connectivity index (χ2n) is 10.4. The largest absolute Gasteiger partial charge is 0.337 e. The van der Waals surface area contributed by atoms with Gasteiger partial charge in [-0.25, -0.2) is 17.9 Å². The Morgan fingerprint density at radius 1 is 1.05 bits per heavy atom. The van der Waals surface area contributed by atoms with E-state index in [2.05, 4.69) is 9.82 Å². The highest BCUT2D eigenvalue weighted by Gasteiger charge is 2.42. The minimum absolute atomic E-state index is 0.0107. The Kier molecular flexibility index (Phi) is 5.53. The van der Waals surface area contributed by atoms with Gasteiger partial charge in [0.25, 0.3) is 21.5 Å². The smallest absolute Gasteiger partial charge is 0.332 e. The molecule has 1 fully saturated rings. The van der Waals surface area contributed by atoms with Gasteiger partial charge in [0.2, 0.25) is 0 Å². The number of aromatic nitrogens is 4. The summed E-state index contributed by atoms with van der Waals surface area (Å²) in [6.07, 6.45) is 4.78. The molecule has 0 bridgehead atoms. The molecule has 1 aliphatic carbocycles. The highest BCUT2D eigenvalue weighted by molar-refractivity contribution is 7.91. The van der Waals surface area contributed by atoms with E-state index < -0.39 is 26.8 Å². The summed E-state index contributed by atoms with van der Waals surface area (Å²) in [5, 5.41) is 4.27. The highest BCUT2D eigenvalue weighted by Crippen LogP contribution is 2.37. The maximum absolute atomic E-state index is 13.7. The first-order valence-electron chi connectivity index (χ1n) is 12.1. The number of rotatable bonds is 7. The lowest BCUT2D eigenvalue weighted by molar-refractivity contribution is 0.0816. The van der Waals surface area contributed by atoms with Gasteiger partial charge in [-0.1, -0.05) is 12.1 Å². The number of aryl methyl sites for hydroxylation is 1. The summed E-state index contributed by atoms with van der Waals surface area (Å²) >= 11 is 0.900. The van der Waals surface area contributed by atoms with Crippen molar-refractivity contribution in [2.45, 2.75) is 49.1 Å². The van der Waals surface area contributed by atoms with E-state index in [1.807, 2.05) is 19.1 Å². The molecule has 0 unspecified atom stereocenters. The third-order valence-corrected chi connectivity index (χ3v) is 10.4. The van der Waals surface area contributed by atoms with Crippen LogP contribution in [0.1, 0.15) is 46.8 Å². The molecule has 1 aliphatic heterocycles. The number of amides is 1. The molecule has 38 heavy (non-hydrogen) atoms. The molecule has 0 atom stereocenters. The number of carbonyl (C=O) groups is 1. The maximum Gasteiger partial charge on any atom is 0.332 e. The molecule has 1 aromatic carbocycles. The van der Waals surface area contributed by atoms with E-state index in [0.717, 1.165) is 34.3 Å². The molecule has 13 heteroatoms. The van der Waals surface area contributed by atoms with Crippen molar-refractivity contribution in [2.24, 2.45) is 7.05 Å². The van der Waals surface area contributed by atoms with Gasteiger partial charge < -0.3 is 4.90 Å². The Balaban J connectivity index is 1.50. The fourth-order valence-electron chi connectivity index (χ4n) is 4.76. The molecular formula is C25H26N6O5S2. The van der Waals surface area contributed by atoms with E-state index in [4.69, 9.17) is 0 Å². The molecule has 11 nitrogen and oxygen atoms in total. The molecule has 1 amide bonds. The van der Waals surface area contributed by atoms with E-state index in [9.17, 15) is 22.8 Å². The Bertz CT molecular complexity index is 1860. The van der Waals surface area contributed by atoms with Gasteiger partial charge in [-0.05, 0) is 43.0 Å². The number of hydrogen-bond donors (Lipinski definition) is 1. The normalized spacial score (nSPS) is 16.4. The SMILES string of the molecule is CN1Cc2ccc(Cn3c(=O)n(Cc4cnn(C)c4)c(=O)c4cc(S(=O)(=O)NC5(C)CC5)sc43)cc2C1=O. The summed E-state index contributed by atoms with van der Waals surface area (Å²) in [4.78, 5) is 41.7. The van der Waals surface area contributed by atoms with E-state index in [-0.39, 0.29) is 33.4 Å². The van der Waals surface area contributed by atoms with Crippen molar-refractivity contribution in [2.75, 3.05) is 7.05 Å². The quantitative estimate of drug-likeness (QED) is 0.369. The molecule has 4 aromatic rings. The van der Waals surface area contributed by atoms with Crippen LogP contribution in [0.3, 0.4) is 0 Å². The number of carbonyl (C=O) groups excluding carboxylic acids is 1. The minimum Gasteiger partial charge on any atom is -0.337 e. The fraction of sp³-hybridized carbons (Fsp3) is 0.360. The zero-order valence-corrected chi connectivity index (χ0v) is 22.7. The van der Waals surface area contributed by atoms with Crippen LogP contribution in [0.5, 0.6) is 0 Å². The number of nitrogens with one attached hydrogen (secondary N) is 1. The van der Waals surface area contributed by atoms with Crippen molar-refractivity contribution in [3.8, 4) is 0 Å². The Hall–Kier alpha value is -3.55. The molecule has 0 saturated heterocycles. The average Bonchev–Trinajstić information content (AvgIpc) is 3.18. The Morgan fingerprint density at radius 2 is 1.79 bits per heavy atom. The van der Waals surface area contributed by atoms with E-state index >= 15 is 0 Å². The zero-order chi connectivity index (χ0) is 27.0. The first-order chi connectivity index (χ1) is 17.9. The summed E-state index contributed by atoms with van der Waals surface area (Å²) in [5.74, 6) is -0.0926. The number of fused-ring (bicyclic) bond motifs is 2. The van der Waals surface area contributed by atoms with Gasteiger partial charge in [0, 0.05) is 43.5 Å². The van der Waals surface area contributed by atoms with Gasteiger partial charge in [0.05, 0.1) is 24.7 Å². The van der Waals surface area contributed by atoms with Crippen LogP contribution >= 0.6 is 11.3 Å². The van der Waals surface area contributed by atoms with E-state index in [0.29, 0.717) is 23.2 Å². The van der Waals surface area contributed by atoms with Crippen LogP contribution in [0.4, 0.5) is 0 Å². The van der Waals surface area contributed by atoms with Crippen molar-refractivity contribution in [1.82, 2.24) is 28.5 Å². The first kappa shape index (κ1) is 24.8. The molecule has 1 N–H and O–H groups in total. The Labute approximate surface area is 222 Å². The number of benzene rings is 1. The molecule has 1 saturated carbocycles. The van der Waals surface area contributed by atoms with Crippen molar-refractivity contribution in [1.29, 1.82) is 0 Å². The molecule has 6 rings (SSSR count). The van der Waals surface area contributed by atoms with E-state index in [1.165, 1.54) is 10.6 Å². The van der Waals surface area contributed by atoms with Gasteiger partial charge >= 0.3 is 5.69 Å². The van der Waals surface area contributed by atoms with Gasteiger partial charge in [0.1, 0.15) is 9.04 Å². The topological polar surface area (TPSA) is 128 Å². The van der Waals surface area contributed by atoms with Gasteiger partial charge in [0.15, 0.2) is 0 Å². The standard InChI is InChI=1S/C25H26N6O5S2/c1-25(6-7-25)27-38(35,36)20-9-19-22(33)30(13-16-10-26-29(3)11-16)24(34)31(23(19)37-20)12-15-4-5-17-14-28(2)21(32)18(17)8-15/h4-5,8-11,27H,6-7,12-14H2,1-3H3. The second kappa shape index (κ2) is 8.48. The number of nitrogens with zero attached hydrogens (tertiary/aromatic N) is 5. The molecule has 2 aliphatic rings. The number of sulfonamides is 1. The average molecular weight is 555 g/mol. The summed E-state index contributed by atoms with van der Waals surface area (Å²) in [7, 11) is -0.415. The van der Waals surface area contributed by atoms with Crippen LogP contribution in [-0.2, 0) is 36.7 Å². The van der Waals surface area contributed by atoms with Crippen LogP contribution in [0.15, 0.2) is 50.5 Å². The van der Waals surface area contributed by atoms with Crippen LogP contribution in [0, 0.1) is 0 Å². The number of thiophene rings is 1. The molecule has 4 heterocycles. The molecular weight excluding hydrogens is 528 g/mol. The lowest BCUT2D eigenvalue weighted by Crippen LogP contribution is -2.40. The van der Waals surface area contributed by atoms with Gasteiger partial charge in [-0.2, -0.15) is 5.10 Å². The molecule has 0 spiro atoms. The minimum atomic E-state index is -3.88. The maximum atomic E-state index is 13.7. The fourth-order valence-corrected chi connectivity index (χ4v) is 7.67. The summed E-state index contributed by atoms with van der Waals surface area (Å²) in [5.41, 5.74) is 1.23. The first-order valence-corrected chi connectivity index (χ1v) is 14.4. The lowest BCUT2D eigenvalue weighted by atomic mass is 10.1. The van der Waals surface area contributed by atoms with Crippen molar-refractivity contribution in [3.63, 3.8) is 0 Å². The van der Waals surface area contributed by atoms with Crippen molar-refractivity contribution < 1.29 is 13.2 Å². The summed E-state index contributed by atoms with van der Waals surface area (Å²) in [6, 6.07) is 6.83. The molecule has 0 radical (unpaired) electrons. The lowest BCUT2D eigenvalue weighted by Gasteiger charge is -2.12. The Morgan fingerprint density at radius 3 is 2.47 bits per heavy atom. The predicted octanol–water partition coefficient (Wildman–Crippen LogP) is 1.47. The van der Waals surface area contributed by atoms with Crippen LogP contribution in [-0.4, -0.2) is 50.7 Å². The van der Waals surface area contributed by atoms with Gasteiger partial charge in [-0.3, -0.25) is 23.4 Å². The monoisotopic (exact) mass is 554 g/mol. The van der Waals surface area contributed by atoms with Crippen LogP contribution in [0.2, 0.25) is 0 Å². The van der Waals surface area contributed by atoms with Crippen molar-refractivity contribution >= 4 is 37.5 Å². The predicted molar refractivity (Wildman–Crippen MR) is 142 cm³/mol. The third kappa shape index (κ3) is 4.20. The molecule has 3 aromatic heterocycles. The number of hydrogen-bond acceptors (Lipinski definition) is 7. The van der Waals surface area contributed by atoms with E-state index in [1.54, 1.807) is 42.1 Å². The highest BCUT2D eigenvalue weighted by atomic mass is 32.2.